The summed E-state index contributed by atoms with van der Waals surface area (Å²) in [6.45, 7) is 2.96. The van der Waals surface area contributed by atoms with Crippen molar-refractivity contribution in [3.05, 3.63) is 48.5 Å². The molecule has 0 saturated carbocycles. The molecule has 0 aliphatic heterocycles. The Balaban J connectivity index is 2.25. The van der Waals surface area contributed by atoms with Crippen molar-refractivity contribution in [3.63, 3.8) is 0 Å². The van der Waals surface area contributed by atoms with Gasteiger partial charge in [-0.3, -0.25) is 0 Å². The molecular formula is C16H17NO4. The fourth-order valence-corrected chi connectivity index (χ4v) is 1.60. The van der Waals surface area contributed by atoms with Gasteiger partial charge in [0.25, 0.3) is 0 Å². The van der Waals surface area contributed by atoms with Crippen LogP contribution in [0, 0.1) is 0 Å². The van der Waals surface area contributed by atoms with Crippen molar-refractivity contribution in [1.29, 1.82) is 0 Å². The predicted octanol–water partition coefficient (Wildman–Crippen LogP) is 3.30. The lowest BCUT2D eigenvalue weighted by atomic mass is 10.1. The van der Waals surface area contributed by atoms with Gasteiger partial charge in [0.15, 0.2) is 17.1 Å². The van der Waals surface area contributed by atoms with Crippen molar-refractivity contribution in [3.8, 4) is 17.2 Å². The SMILES string of the molecule is CC(C)(Oc1ccccc1Oc1ccc(N)cc1)C(=O)O. The number of carboxylic acids is 1. The van der Waals surface area contributed by atoms with Crippen LogP contribution in [-0.4, -0.2) is 16.7 Å². The van der Waals surface area contributed by atoms with Gasteiger partial charge in [-0.1, -0.05) is 12.1 Å². The van der Waals surface area contributed by atoms with Crippen molar-refractivity contribution in [1.82, 2.24) is 0 Å². The van der Waals surface area contributed by atoms with Gasteiger partial charge >= 0.3 is 5.97 Å². The van der Waals surface area contributed by atoms with Gasteiger partial charge in [-0.15, -0.1) is 0 Å². The van der Waals surface area contributed by atoms with E-state index in [1.165, 1.54) is 13.8 Å². The number of para-hydroxylation sites is 2. The first-order chi connectivity index (χ1) is 9.88. The molecule has 0 aliphatic rings. The molecule has 0 heterocycles. The zero-order valence-electron chi connectivity index (χ0n) is 11.9. The Bertz CT molecular complexity index is 635. The molecule has 2 aromatic carbocycles. The van der Waals surface area contributed by atoms with Crippen LogP contribution in [0.5, 0.6) is 17.2 Å². The molecule has 0 bridgehead atoms. The number of ether oxygens (including phenoxy) is 2. The number of carboxylic acid groups (broad SMARTS) is 1. The quantitative estimate of drug-likeness (QED) is 0.824. The molecular weight excluding hydrogens is 270 g/mol. The average Bonchev–Trinajstić information content (AvgIpc) is 2.43. The molecule has 0 amide bonds. The minimum absolute atomic E-state index is 0.363. The van der Waals surface area contributed by atoms with Gasteiger partial charge in [-0.05, 0) is 50.2 Å². The molecule has 0 spiro atoms. The van der Waals surface area contributed by atoms with E-state index in [0.29, 0.717) is 22.9 Å². The second-order valence-electron chi connectivity index (χ2n) is 5.04. The van der Waals surface area contributed by atoms with Gasteiger partial charge in [0, 0.05) is 5.69 Å². The van der Waals surface area contributed by atoms with Crippen molar-refractivity contribution < 1.29 is 19.4 Å². The average molecular weight is 287 g/mol. The fourth-order valence-electron chi connectivity index (χ4n) is 1.60. The Kier molecular flexibility index (Phi) is 4.03. The third-order valence-corrected chi connectivity index (χ3v) is 2.84. The van der Waals surface area contributed by atoms with Crippen LogP contribution in [0.25, 0.3) is 0 Å². The molecule has 2 rings (SSSR count). The molecule has 0 atom stereocenters. The van der Waals surface area contributed by atoms with Crippen LogP contribution in [0.2, 0.25) is 0 Å². The number of aliphatic carboxylic acids is 1. The molecule has 0 fully saturated rings. The van der Waals surface area contributed by atoms with Crippen LogP contribution in [-0.2, 0) is 4.79 Å². The standard InChI is InChI=1S/C16H17NO4/c1-16(2,15(18)19)21-14-6-4-3-5-13(14)20-12-9-7-11(17)8-10-12/h3-10H,17H2,1-2H3,(H,18,19). The van der Waals surface area contributed by atoms with E-state index >= 15 is 0 Å². The second kappa shape index (κ2) is 5.75. The first-order valence-electron chi connectivity index (χ1n) is 6.43. The second-order valence-corrected chi connectivity index (χ2v) is 5.04. The number of nitrogen functional groups attached to an aromatic ring is 1. The first kappa shape index (κ1) is 14.7. The number of benzene rings is 2. The van der Waals surface area contributed by atoms with E-state index in [0.717, 1.165) is 0 Å². The zero-order chi connectivity index (χ0) is 15.5. The van der Waals surface area contributed by atoms with Crippen LogP contribution in [0.1, 0.15) is 13.8 Å². The van der Waals surface area contributed by atoms with Crippen molar-refractivity contribution >= 4 is 11.7 Å². The van der Waals surface area contributed by atoms with Gasteiger partial charge in [0.1, 0.15) is 5.75 Å². The summed E-state index contributed by atoms with van der Waals surface area (Å²) in [4.78, 5) is 11.2. The highest BCUT2D eigenvalue weighted by Gasteiger charge is 2.30. The highest BCUT2D eigenvalue weighted by Crippen LogP contribution is 2.33. The Labute approximate surface area is 122 Å². The molecule has 110 valence electrons. The number of carbonyl (C=O) groups is 1. The normalized spacial score (nSPS) is 11.0. The van der Waals surface area contributed by atoms with Crippen LogP contribution >= 0.6 is 0 Å². The number of nitrogens with two attached hydrogens (primary N) is 1. The summed E-state index contributed by atoms with van der Waals surface area (Å²) < 4.78 is 11.3. The first-order valence-corrected chi connectivity index (χ1v) is 6.43. The van der Waals surface area contributed by atoms with Gasteiger partial charge in [-0.25, -0.2) is 4.79 Å². The number of hydrogen-bond donors (Lipinski definition) is 2. The minimum atomic E-state index is -1.35. The van der Waals surface area contributed by atoms with E-state index in [2.05, 4.69) is 0 Å². The van der Waals surface area contributed by atoms with Crippen LogP contribution in [0.3, 0.4) is 0 Å². The highest BCUT2D eigenvalue weighted by atomic mass is 16.5. The molecule has 0 saturated heterocycles. The lowest BCUT2D eigenvalue weighted by Crippen LogP contribution is -2.37. The summed E-state index contributed by atoms with van der Waals surface area (Å²) in [5, 5.41) is 9.13. The summed E-state index contributed by atoms with van der Waals surface area (Å²) >= 11 is 0. The molecule has 0 aromatic heterocycles. The number of anilines is 1. The zero-order valence-corrected chi connectivity index (χ0v) is 11.9. The molecule has 0 unspecified atom stereocenters. The van der Waals surface area contributed by atoms with E-state index in [9.17, 15) is 4.79 Å². The molecule has 2 aromatic rings. The molecule has 5 nitrogen and oxygen atoms in total. The fraction of sp³-hybridized carbons (Fsp3) is 0.188. The van der Waals surface area contributed by atoms with E-state index in [1.807, 2.05) is 0 Å². The Morgan fingerprint density at radius 1 is 1.05 bits per heavy atom. The lowest BCUT2D eigenvalue weighted by molar-refractivity contribution is -0.152. The molecule has 3 N–H and O–H groups in total. The van der Waals surface area contributed by atoms with Gasteiger partial charge in [0.05, 0.1) is 0 Å². The van der Waals surface area contributed by atoms with Gasteiger partial charge < -0.3 is 20.3 Å². The largest absolute Gasteiger partial charge is 0.478 e. The maximum Gasteiger partial charge on any atom is 0.347 e. The third-order valence-electron chi connectivity index (χ3n) is 2.84. The summed E-state index contributed by atoms with van der Waals surface area (Å²) in [6, 6.07) is 13.8. The summed E-state index contributed by atoms with van der Waals surface area (Å²) in [6.07, 6.45) is 0. The number of hydrogen-bond acceptors (Lipinski definition) is 4. The van der Waals surface area contributed by atoms with E-state index in [1.54, 1.807) is 48.5 Å². The lowest BCUT2D eigenvalue weighted by Gasteiger charge is -2.23. The highest BCUT2D eigenvalue weighted by molar-refractivity contribution is 5.77. The van der Waals surface area contributed by atoms with Crippen molar-refractivity contribution in [2.45, 2.75) is 19.4 Å². The Morgan fingerprint density at radius 3 is 2.19 bits per heavy atom. The summed E-state index contributed by atoms with van der Waals surface area (Å²) in [7, 11) is 0. The Hall–Kier alpha value is -2.69. The maximum absolute atomic E-state index is 11.2. The third kappa shape index (κ3) is 3.66. The minimum Gasteiger partial charge on any atom is -0.478 e. The van der Waals surface area contributed by atoms with Crippen LogP contribution in [0.4, 0.5) is 5.69 Å². The Morgan fingerprint density at radius 2 is 1.62 bits per heavy atom. The van der Waals surface area contributed by atoms with E-state index in [-0.39, 0.29) is 0 Å². The summed E-state index contributed by atoms with van der Waals surface area (Å²) in [5.41, 5.74) is 4.91. The smallest absolute Gasteiger partial charge is 0.347 e. The molecule has 0 aliphatic carbocycles. The molecule has 21 heavy (non-hydrogen) atoms. The van der Waals surface area contributed by atoms with E-state index < -0.39 is 11.6 Å². The maximum atomic E-state index is 11.2. The van der Waals surface area contributed by atoms with Crippen molar-refractivity contribution in [2.75, 3.05) is 5.73 Å². The topological polar surface area (TPSA) is 81.8 Å². The monoisotopic (exact) mass is 287 g/mol. The van der Waals surface area contributed by atoms with Gasteiger partial charge in [-0.2, -0.15) is 0 Å². The van der Waals surface area contributed by atoms with E-state index in [4.69, 9.17) is 20.3 Å². The molecule has 5 heteroatoms. The van der Waals surface area contributed by atoms with Crippen LogP contribution < -0.4 is 15.2 Å². The van der Waals surface area contributed by atoms with Crippen molar-refractivity contribution in [2.24, 2.45) is 0 Å². The van der Waals surface area contributed by atoms with Gasteiger partial charge in [0.2, 0.25) is 0 Å². The predicted molar refractivity (Wildman–Crippen MR) is 79.7 cm³/mol. The number of rotatable bonds is 5. The molecule has 0 radical (unpaired) electrons. The summed E-state index contributed by atoms with van der Waals surface area (Å²) in [5.74, 6) is 0.344. The van der Waals surface area contributed by atoms with Crippen LogP contribution in [0.15, 0.2) is 48.5 Å².